The number of benzene rings is 2. The summed E-state index contributed by atoms with van der Waals surface area (Å²) in [4.78, 5) is 36.4. The molecule has 1 aliphatic heterocycles. The van der Waals surface area contributed by atoms with Crippen LogP contribution in [0.5, 0.6) is 0 Å². The van der Waals surface area contributed by atoms with Gasteiger partial charge in [0.2, 0.25) is 17.8 Å². The third kappa shape index (κ3) is 7.87. The minimum Gasteiger partial charge on any atom is -0.337 e. The van der Waals surface area contributed by atoms with E-state index in [4.69, 9.17) is 15.0 Å². The maximum absolute atomic E-state index is 13.5. The van der Waals surface area contributed by atoms with Crippen LogP contribution in [0.1, 0.15) is 44.9 Å². The number of amides is 2. The molecule has 0 radical (unpaired) electrons. The number of hydrogen-bond donors (Lipinski definition) is 1. The van der Waals surface area contributed by atoms with E-state index in [9.17, 15) is 4.79 Å². The van der Waals surface area contributed by atoms with Gasteiger partial charge in [0.05, 0.1) is 6.04 Å². The Morgan fingerprint density at radius 1 is 0.786 bits per heavy atom. The van der Waals surface area contributed by atoms with Gasteiger partial charge in [-0.3, -0.25) is 0 Å². The predicted octanol–water partition coefficient (Wildman–Crippen LogP) is 5.30. The van der Waals surface area contributed by atoms with Crippen molar-refractivity contribution >= 4 is 23.9 Å². The Bertz CT molecular complexity index is 1260. The van der Waals surface area contributed by atoms with Crippen LogP contribution in [0, 0.1) is 0 Å². The number of carbonyl (C=O) groups excluding carboxylic acids is 1. The number of aromatic nitrogens is 3. The van der Waals surface area contributed by atoms with Gasteiger partial charge in [-0.1, -0.05) is 85.0 Å². The van der Waals surface area contributed by atoms with Crippen molar-refractivity contribution in [3.05, 3.63) is 96.1 Å². The maximum Gasteiger partial charge on any atom is 0.318 e. The lowest BCUT2D eigenvalue weighted by molar-refractivity contribution is 0.191. The fourth-order valence-corrected chi connectivity index (χ4v) is 5.04. The van der Waals surface area contributed by atoms with E-state index in [-0.39, 0.29) is 12.1 Å². The zero-order valence-electron chi connectivity index (χ0n) is 25.5. The number of rotatable bonds is 12. The minimum atomic E-state index is -0.228. The summed E-state index contributed by atoms with van der Waals surface area (Å²) < 4.78 is 0. The molecule has 0 atom stereocenters. The van der Waals surface area contributed by atoms with Crippen LogP contribution in [0.4, 0.5) is 22.6 Å². The molecular formula is C33H44N8O. The number of nitrogens with zero attached hydrogens (tertiary/aromatic N) is 7. The summed E-state index contributed by atoms with van der Waals surface area (Å²) in [5, 5.41) is 3.27. The molecule has 1 saturated heterocycles. The highest BCUT2D eigenvalue weighted by atomic mass is 16.2. The minimum absolute atomic E-state index is 0.0818. The SMILES string of the molecule is C=C(C)CN(CC)c1nc(N2CCN(C(=O)NC(c3ccccc3)c3ccccc3)CC2)nc(N(CC)CC(=C)C)n1. The highest BCUT2D eigenvalue weighted by molar-refractivity contribution is 5.75. The first-order valence-corrected chi connectivity index (χ1v) is 14.7. The van der Waals surface area contributed by atoms with E-state index in [0.29, 0.717) is 57.1 Å². The molecule has 0 spiro atoms. The molecule has 1 aliphatic rings. The van der Waals surface area contributed by atoms with Crippen LogP contribution in [-0.2, 0) is 0 Å². The third-order valence-electron chi connectivity index (χ3n) is 7.23. The summed E-state index contributed by atoms with van der Waals surface area (Å²) in [5.41, 5.74) is 4.18. The lowest BCUT2D eigenvalue weighted by atomic mass is 9.99. The smallest absolute Gasteiger partial charge is 0.318 e. The van der Waals surface area contributed by atoms with Gasteiger partial charge >= 0.3 is 6.03 Å². The van der Waals surface area contributed by atoms with Crippen molar-refractivity contribution in [3.8, 4) is 0 Å². The van der Waals surface area contributed by atoms with Crippen molar-refractivity contribution in [2.75, 3.05) is 67.1 Å². The number of piperazine rings is 1. The number of nitrogens with one attached hydrogen (secondary N) is 1. The van der Waals surface area contributed by atoms with Crippen LogP contribution in [0.15, 0.2) is 85.0 Å². The van der Waals surface area contributed by atoms with Crippen LogP contribution in [0.2, 0.25) is 0 Å². The molecule has 1 aromatic heterocycles. The molecule has 1 fully saturated rings. The maximum atomic E-state index is 13.5. The van der Waals surface area contributed by atoms with E-state index in [2.05, 4.69) is 47.0 Å². The molecule has 2 aromatic carbocycles. The average Bonchev–Trinajstić information content (AvgIpc) is 3.01. The molecule has 0 aliphatic carbocycles. The second kappa shape index (κ2) is 14.5. The first-order chi connectivity index (χ1) is 20.3. The van der Waals surface area contributed by atoms with Gasteiger partial charge in [0.25, 0.3) is 0 Å². The van der Waals surface area contributed by atoms with Gasteiger partial charge in [0, 0.05) is 52.4 Å². The summed E-state index contributed by atoms with van der Waals surface area (Å²) in [7, 11) is 0. The normalized spacial score (nSPS) is 13.2. The average molecular weight is 569 g/mol. The molecule has 0 saturated carbocycles. The monoisotopic (exact) mass is 568 g/mol. The van der Waals surface area contributed by atoms with Crippen molar-refractivity contribution in [1.29, 1.82) is 0 Å². The molecule has 42 heavy (non-hydrogen) atoms. The van der Waals surface area contributed by atoms with Gasteiger partial charge in [-0.15, -0.1) is 0 Å². The first-order valence-electron chi connectivity index (χ1n) is 14.7. The molecule has 1 N–H and O–H groups in total. The zero-order valence-corrected chi connectivity index (χ0v) is 25.5. The van der Waals surface area contributed by atoms with E-state index >= 15 is 0 Å². The molecule has 2 amide bonds. The number of hydrogen-bond acceptors (Lipinski definition) is 7. The van der Waals surface area contributed by atoms with E-state index in [1.807, 2.05) is 79.4 Å². The third-order valence-corrected chi connectivity index (χ3v) is 7.23. The van der Waals surface area contributed by atoms with E-state index in [1.54, 1.807) is 0 Å². The number of likely N-dealkylation sites (N-methyl/N-ethyl adjacent to an activating group) is 2. The Morgan fingerprint density at radius 2 is 1.24 bits per heavy atom. The highest BCUT2D eigenvalue weighted by Crippen LogP contribution is 2.24. The summed E-state index contributed by atoms with van der Waals surface area (Å²) >= 11 is 0. The molecule has 3 aromatic rings. The van der Waals surface area contributed by atoms with Crippen molar-refractivity contribution < 1.29 is 4.79 Å². The number of anilines is 3. The van der Waals surface area contributed by atoms with Gasteiger partial charge in [0.1, 0.15) is 0 Å². The van der Waals surface area contributed by atoms with Crippen molar-refractivity contribution in [2.24, 2.45) is 0 Å². The Labute approximate surface area is 250 Å². The predicted molar refractivity (Wildman–Crippen MR) is 172 cm³/mol. The van der Waals surface area contributed by atoms with Gasteiger partial charge in [-0.2, -0.15) is 15.0 Å². The molecule has 222 valence electrons. The molecule has 2 heterocycles. The van der Waals surface area contributed by atoms with E-state index < -0.39 is 0 Å². The van der Waals surface area contributed by atoms with Crippen LogP contribution < -0.4 is 20.0 Å². The summed E-state index contributed by atoms with van der Waals surface area (Å²) in [6.45, 7) is 21.6. The lowest BCUT2D eigenvalue weighted by Gasteiger charge is -2.36. The Hall–Kier alpha value is -4.40. The topological polar surface area (TPSA) is 80.7 Å². The molecule has 0 unspecified atom stereocenters. The van der Waals surface area contributed by atoms with E-state index in [0.717, 1.165) is 35.4 Å². The van der Waals surface area contributed by atoms with Gasteiger partial charge in [-0.25, -0.2) is 4.79 Å². The summed E-state index contributed by atoms with van der Waals surface area (Å²) in [6, 6.07) is 19.9. The fourth-order valence-electron chi connectivity index (χ4n) is 5.04. The second-order valence-electron chi connectivity index (χ2n) is 10.9. The Kier molecular flexibility index (Phi) is 10.5. The fraction of sp³-hybridized carbons (Fsp3) is 0.394. The molecule has 9 nitrogen and oxygen atoms in total. The highest BCUT2D eigenvalue weighted by Gasteiger charge is 2.27. The molecule has 4 rings (SSSR count). The quantitative estimate of drug-likeness (QED) is 0.297. The van der Waals surface area contributed by atoms with Crippen molar-refractivity contribution in [3.63, 3.8) is 0 Å². The lowest BCUT2D eigenvalue weighted by Crippen LogP contribution is -2.53. The Morgan fingerprint density at radius 3 is 1.64 bits per heavy atom. The van der Waals surface area contributed by atoms with Crippen LogP contribution in [0.25, 0.3) is 0 Å². The standard InChI is InChI=1S/C33H44N8O/c1-7-38(23-25(3)4)30-35-31(39(8-2)24-26(5)6)37-32(36-30)40-19-21-41(22-20-40)33(42)34-29(27-15-11-9-12-16-27)28-17-13-10-14-18-28/h9-18,29H,3,5,7-8,19-24H2,1-2,4,6H3,(H,34,42). The van der Waals surface area contributed by atoms with Crippen LogP contribution >= 0.6 is 0 Å². The molecular weight excluding hydrogens is 524 g/mol. The first kappa shape index (κ1) is 30.6. The number of carbonyl (C=O) groups is 1. The molecule has 9 heteroatoms. The number of urea groups is 1. The molecule has 0 bridgehead atoms. The Balaban J connectivity index is 1.52. The van der Waals surface area contributed by atoms with Gasteiger partial charge in [-0.05, 0) is 38.8 Å². The summed E-state index contributed by atoms with van der Waals surface area (Å²) in [5.74, 6) is 1.89. The zero-order chi connectivity index (χ0) is 30.1. The largest absolute Gasteiger partial charge is 0.337 e. The summed E-state index contributed by atoms with van der Waals surface area (Å²) in [6.07, 6.45) is 0. The van der Waals surface area contributed by atoms with Gasteiger partial charge < -0.3 is 24.9 Å². The van der Waals surface area contributed by atoms with Crippen molar-refractivity contribution in [1.82, 2.24) is 25.2 Å². The second-order valence-corrected chi connectivity index (χ2v) is 10.9. The van der Waals surface area contributed by atoms with Crippen molar-refractivity contribution in [2.45, 2.75) is 33.7 Å². The van der Waals surface area contributed by atoms with Crippen LogP contribution in [-0.4, -0.2) is 78.2 Å². The van der Waals surface area contributed by atoms with E-state index in [1.165, 1.54) is 0 Å². The van der Waals surface area contributed by atoms with Gasteiger partial charge in [0.15, 0.2) is 0 Å². The van der Waals surface area contributed by atoms with Crippen LogP contribution in [0.3, 0.4) is 0 Å².